The lowest BCUT2D eigenvalue weighted by Crippen LogP contribution is -2.14. The van der Waals surface area contributed by atoms with Gasteiger partial charge < -0.3 is 21.5 Å². The van der Waals surface area contributed by atoms with Crippen LogP contribution in [0.25, 0.3) is 0 Å². The lowest BCUT2D eigenvalue weighted by Gasteiger charge is -2.11. The van der Waals surface area contributed by atoms with Gasteiger partial charge in [0.2, 0.25) is 5.91 Å². The van der Waals surface area contributed by atoms with Gasteiger partial charge in [-0.25, -0.2) is 0 Å². The van der Waals surface area contributed by atoms with Gasteiger partial charge in [-0.15, -0.1) is 0 Å². The Labute approximate surface area is 135 Å². The minimum Gasteiger partial charge on any atom is -0.398 e. The maximum atomic E-state index is 11.3. The first-order valence-corrected chi connectivity index (χ1v) is 7.14. The number of hydrogen-bond donors (Lipinski definition) is 4. The van der Waals surface area contributed by atoms with Gasteiger partial charge in [0, 0.05) is 41.7 Å². The highest BCUT2D eigenvalue weighted by molar-refractivity contribution is 6.15. The molecule has 2 rings (SSSR count). The highest BCUT2D eigenvalue weighted by atomic mass is 16.5. The maximum Gasteiger partial charge on any atom is 0.248 e. The fraction of sp³-hybridized carbons (Fsp3) is 0.176. The Balaban J connectivity index is 2.28. The quantitative estimate of drug-likeness (QED) is 0.355. The first kappa shape index (κ1) is 16.5. The zero-order valence-electron chi connectivity index (χ0n) is 12.9. The summed E-state index contributed by atoms with van der Waals surface area (Å²) in [6.45, 7) is 1.27. The minimum atomic E-state index is -0.547. The highest BCUT2D eigenvalue weighted by Crippen LogP contribution is 2.20. The van der Waals surface area contributed by atoms with Crippen LogP contribution in [0.3, 0.4) is 0 Å². The number of carbonyl (C=O) groups excluding carboxylic acids is 1. The molecule has 0 aliphatic heterocycles. The number of carbonyl (C=O) groups is 1. The zero-order chi connectivity index (χ0) is 16.8. The van der Waals surface area contributed by atoms with Gasteiger partial charge in [0.1, 0.15) is 0 Å². The third kappa shape index (κ3) is 4.08. The molecule has 0 bridgehead atoms. The Bertz CT molecular complexity index is 728. The number of anilines is 2. The third-order valence-corrected chi connectivity index (χ3v) is 3.39. The van der Waals surface area contributed by atoms with Gasteiger partial charge in [-0.05, 0) is 30.3 Å². The van der Waals surface area contributed by atoms with Crippen LogP contribution in [0.15, 0.2) is 42.5 Å². The standard InChI is InChI=1S/C17H20N4O2/c1-23-8-7-21-13-4-2-3-11(9-13)16(19)14-10-12(17(20)22)5-6-15(14)18/h2-6,9-10,19,21H,7-8,18H2,1H3,(H2,20,22). The molecule has 0 heterocycles. The summed E-state index contributed by atoms with van der Waals surface area (Å²) in [6, 6.07) is 12.1. The number of nitrogens with one attached hydrogen (secondary N) is 2. The number of hydrogen-bond acceptors (Lipinski definition) is 5. The summed E-state index contributed by atoms with van der Waals surface area (Å²) in [7, 11) is 1.64. The van der Waals surface area contributed by atoms with Gasteiger partial charge in [-0.3, -0.25) is 10.2 Å². The summed E-state index contributed by atoms with van der Waals surface area (Å²) in [5.74, 6) is -0.547. The molecular weight excluding hydrogens is 292 g/mol. The molecule has 0 radical (unpaired) electrons. The van der Waals surface area contributed by atoms with Crippen molar-refractivity contribution >= 4 is 23.0 Å². The molecule has 6 nitrogen and oxygen atoms in total. The molecule has 2 aromatic carbocycles. The first-order valence-electron chi connectivity index (χ1n) is 7.14. The number of nitrogen functional groups attached to an aromatic ring is 1. The fourth-order valence-electron chi connectivity index (χ4n) is 2.16. The Morgan fingerprint density at radius 2 is 2.00 bits per heavy atom. The van der Waals surface area contributed by atoms with E-state index in [1.165, 1.54) is 0 Å². The van der Waals surface area contributed by atoms with Gasteiger partial charge in [-0.1, -0.05) is 12.1 Å². The highest BCUT2D eigenvalue weighted by Gasteiger charge is 2.12. The third-order valence-electron chi connectivity index (χ3n) is 3.39. The van der Waals surface area contributed by atoms with Crippen LogP contribution in [0, 0.1) is 5.41 Å². The van der Waals surface area contributed by atoms with Crippen molar-refractivity contribution in [3.63, 3.8) is 0 Å². The van der Waals surface area contributed by atoms with Crippen molar-refractivity contribution in [2.24, 2.45) is 5.73 Å². The van der Waals surface area contributed by atoms with Crippen molar-refractivity contribution in [2.75, 3.05) is 31.3 Å². The number of methoxy groups -OCH3 is 1. The van der Waals surface area contributed by atoms with Crippen molar-refractivity contribution in [1.29, 1.82) is 5.41 Å². The van der Waals surface area contributed by atoms with Crippen LogP contribution in [-0.4, -0.2) is 31.9 Å². The molecule has 0 unspecified atom stereocenters. The van der Waals surface area contributed by atoms with Crippen LogP contribution >= 0.6 is 0 Å². The van der Waals surface area contributed by atoms with Crippen LogP contribution in [-0.2, 0) is 4.74 Å². The smallest absolute Gasteiger partial charge is 0.248 e. The van der Waals surface area contributed by atoms with Gasteiger partial charge >= 0.3 is 0 Å². The molecule has 0 fully saturated rings. The van der Waals surface area contributed by atoms with Crippen molar-refractivity contribution in [3.8, 4) is 0 Å². The molecule has 0 aliphatic carbocycles. The van der Waals surface area contributed by atoms with E-state index in [1.54, 1.807) is 25.3 Å². The number of ether oxygens (including phenoxy) is 1. The van der Waals surface area contributed by atoms with E-state index in [4.69, 9.17) is 21.6 Å². The van der Waals surface area contributed by atoms with Gasteiger partial charge in [0.25, 0.3) is 0 Å². The van der Waals surface area contributed by atoms with E-state index in [2.05, 4.69) is 5.32 Å². The molecule has 0 saturated heterocycles. The van der Waals surface area contributed by atoms with E-state index in [0.717, 1.165) is 5.69 Å². The molecular formula is C17H20N4O2. The summed E-state index contributed by atoms with van der Waals surface area (Å²) in [5, 5.41) is 11.6. The van der Waals surface area contributed by atoms with E-state index in [0.29, 0.717) is 35.5 Å². The molecule has 6 heteroatoms. The van der Waals surface area contributed by atoms with Gasteiger partial charge in [0.05, 0.1) is 12.3 Å². The Morgan fingerprint density at radius 3 is 2.70 bits per heavy atom. The molecule has 0 saturated carbocycles. The fourth-order valence-corrected chi connectivity index (χ4v) is 2.16. The van der Waals surface area contributed by atoms with Gasteiger partial charge in [-0.2, -0.15) is 0 Å². The van der Waals surface area contributed by atoms with Crippen LogP contribution in [0.1, 0.15) is 21.5 Å². The lowest BCUT2D eigenvalue weighted by atomic mass is 9.98. The predicted molar refractivity (Wildman–Crippen MR) is 92.1 cm³/mol. The van der Waals surface area contributed by atoms with Crippen molar-refractivity contribution in [2.45, 2.75) is 0 Å². The molecule has 0 aromatic heterocycles. The summed E-state index contributed by atoms with van der Waals surface area (Å²) < 4.78 is 5.00. The molecule has 0 aliphatic rings. The monoisotopic (exact) mass is 312 g/mol. The second kappa shape index (κ2) is 7.42. The average Bonchev–Trinajstić information content (AvgIpc) is 2.55. The summed E-state index contributed by atoms with van der Waals surface area (Å²) in [4.78, 5) is 11.3. The van der Waals surface area contributed by atoms with E-state index >= 15 is 0 Å². The summed E-state index contributed by atoms with van der Waals surface area (Å²) in [6.07, 6.45) is 0. The summed E-state index contributed by atoms with van der Waals surface area (Å²) in [5.41, 5.74) is 14.3. The number of nitrogens with two attached hydrogens (primary N) is 2. The molecule has 2 aromatic rings. The Hall–Kier alpha value is -2.86. The van der Waals surface area contributed by atoms with Crippen LogP contribution in [0.4, 0.5) is 11.4 Å². The van der Waals surface area contributed by atoms with E-state index < -0.39 is 5.91 Å². The maximum absolute atomic E-state index is 11.3. The van der Waals surface area contributed by atoms with Crippen LogP contribution in [0.5, 0.6) is 0 Å². The van der Waals surface area contributed by atoms with E-state index in [1.807, 2.05) is 24.3 Å². The number of primary amides is 1. The van der Waals surface area contributed by atoms with E-state index in [-0.39, 0.29) is 5.71 Å². The number of benzene rings is 2. The van der Waals surface area contributed by atoms with Crippen LogP contribution in [0.2, 0.25) is 0 Å². The molecule has 1 amide bonds. The van der Waals surface area contributed by atoms with Crippen molar-refractivity contribution in [3.05, 3.63) is 59.2 Å². The molecule has 6 N–H and O–H groups in total. The number of rotatable bonds is 7. The Kier molecular flexibility index (Phi) is 5.32. The Morgan fingerprint density at radius 1 is 1.22 bits per heavy atom. The van der Waals surface area contributed by atoms with Crippen LogP contribution < -0.4 is 16.8 Å². The summed E-state index contributed by atoms with van der Waals surface area (Å²) >= 11 is 0. The molecule has 0 spiro atoms. The largest absolute Gasteiger partial charge is 0.398 e. The second-order valence-corrected chi connectivity index (χ2v) is 5.04. The van der Waals surface area contributed by atoms with Gasteiger partial charge in [0.15, 0.2) is 0 Å². The molecule has 0 atom stereocenters. The molecule has 120 valence electrons. The normalized spacial score (nSPS) is 10.3. The first-order chi connectivity index (χ1) is 11.0. The lowest BCUT2D eigenvalue weighted by molar-refractivity contribution is 0.100. The van der Waals surface area contributed by atoms with E-state index in [9.17, 15) is 4.79 Å². The van der Waals surface area contributed by atoms with Crippen molar-refractivity contribution in [1.82, 2.24) is 0 Å². The predicted octanol–water partition coefficient (Wildman–Crippen LogP) is 1.84. The topological polar surface area (TPSA) is 114 Å². The molecule has 23 heavy (non-hydrogen) atoms. The van der Waals surface area contributed by atoms with Crippen molar-refractivity contribution < 1.29 is 9.53 Å². The zero-order valence-corrected chi connectivity index (χ0v) is 12.9. The second-order valence-electron chi connectivity index (χ2n) is 5.04. The number of amides is 1. The minimum absolute atomic E-state index is 0.237. The SMILES string of the molecule is COCCNc1cccc(C(=N)c2cc(C(N)=O)ccc2N)c1. The average molecular weight is 312 g/mol.